The van der Waals surface area contributed by atoms with E-state index in [1.165, 1.54) is 36.7 Å². The Labute approximate surface area is 152 Å². The van der Waals surface area contributed by atoms with Crippen LogP contribution in [0.1, 0.15) is 0 Å². The van der Waals surface area contributed by atoms with Crippen LogP contribution in [0.5, 0.6) is 11.5 Å². The third-order valence-electron chi connectivity index (χ3n) is 4.40. The SMILES string of the molecule is COc1ccc(OC)c(S(=O)(=O)N2CCN(c3cccc(F)c3)CC2)c1. The summed E-state index contributed by atoms with van der Waals surface area (Å²) in [6, 6.07) is 11.0. The molecule has 0 atom stereocenters. The van der Waals surface area contributed by atoms with Gasteiger partial charge in [-0.25, -0.2) is 12.8 Å². The molecule has 6 nitrogen and oxygen atoms in total. The number of nitrogens with zero attached hydrogens (tertiary/aromatic N) is 2. The second-order valence-corrected chi connectivity index (χ2v) is 7.79. The Morgan fingerprint density at radius 1 is 0.962 bits per heavy atom. The number of ether oxygens (including phenoxy) is 2. The fourth-order valence-corrected chi connectivity index (χ4v) is 4.58. The van der Waals surface area contributed by atoms with Gasteiger partial charge >= 0.3 is 0 Å². The van der Waals surface area contributed by atoms with E-state index in [1.807, 2.05) is 11.0 Å². The van der Waals surface area contributed by atoms with Crippen LogP contribution in [0.15, 0.2) is 47.4 Å². The molecule has 0 saturated carbocycles. The fraction of sp³-hybridized carbons (Fsp3) is 0.333. The van der Waals surface area contributed by atoms with Gasteiger partial charge in [-0.2, -0.15) is 4.31 Å². The number of benzene rings is 2. The highest BCUT2D eigenvalue weighted by Gasteiger charge is 2.31. The van der Waals surface area contributed by atoms with E-state index in [-0.39, 0.29) is 16.5 Å². The summed E-state index contributed by atoms with van der Waals surface area (Å²) in [6.07, 6.45) is 0. The lowest BCUT2D eigenvalue weighted by molar-refractivity contribution is 0.370. The minimum atomic E-state index is -3.72. The van der Waals surface area contributed by atoms with Crippen LogP contribution in [-0.2, 0) is 10.0 Å². The predicted molar refractivity (Wildman–Crippen MR) is 96.9 cm³/mol. The van der Waals surface area contributed by atoms with Gasteiger partial charge in [0, 0.05) is 37.9 Å². The first-order valence-electron chi connectivity index (χ1n) is 8.18. The quantitative estimate of drug-likeness (QED) is 0.797. The Kier molecular flexibility index (Phi) is 5.33. The molecule has 8 heteroatoms. The maximum atomic E-state index is 13.4. The van der Waals surface area contributed by atoms with Crippen LogP contribution in [0.3, 0.4) is 0 Å². The molecule has 0 unspecified atom stereocenters. The van der Waals surface area contributed by atoms with Crippen molar-refractivity contribution in [1.29, 1.82) is 0 Å². The zero-order valence-corrected chi connectivity index (χ0v) is 15.5. The van der Waals surface area contributed by atoms with Crippen LogP contribution in [0, 0.1) is 5.82 Å². The maximum Gasteiger partial charge on any atom is 0.247 e. The summed E-state index contributed by atoms with van der Waals surface area (Å²) in [5, 5.41) is 0. The molecule has 2 aromatic rings. The topological polar surface area (TPSA) is 59.1 Å². The summed E-state index contributed by atoms with van der Waals surface area (Å²) in [7, 11) is -0.808. The molecule has 0 radical (unpaired) electrons. The van der Waals surface area contributed by atoms with Gasteiger partial charge in [0.25, 0.3) is 0 Å². The van der Waals surface area contributed by atoms with Crippen molar-refractivity contribution in [1.82, 2.24) is 4.31 Å². The summed E-state index contributed by atoms with van der Waals surface area (Å²) in [6.45, 7) is 1.57. The Balaban J connectivity index is 1.80. The van der Waals surface area contributed by atoms with Crippen molar-refractivity contribution in [3.05, 3.63) is 48.3 Å². The van der Waals surface area contributed by atoms with E-state index >= 15 is 0 Å². The summed E-state index contributed by atoms with van der Waals surface area (Å²) in [5.74, 6) is 0.416. The normalized spacial score (nSPS) is 15.7. The number of sulfonamides is 1. The second-order valence-electron chi connectivity index (χ2n) is 5.89. The molecule has 0 spiro atoms. The Bertz CT molecular complexity index is 881. The molecule has 26 heavy (non-hydrogen) atoms. The van der Waals surface area contributed by atoms with E-state index in [4.69, 9.17) is 9.47 Å². The van der Waals surface area contributed by atoms with Gasteiger partial charge in [-0.15, -0.1) is 0 Å². The van der Waals surface area contributed by atoms with E-state index in [0.29, 0.717) is 31.9 Å². The minimum absolute atomic E-state index is 0.0820. The number of anilines is 1. The molecule has 1 heterocycles. The lowest BCUT2D eigenvalue weighted by atomic mass is 10.2. The zero-order valence-electron chi connectivity index (χ0n) is 14.7. The first-order chi connectivity index (χ1) is 12.5. The monoisotopic (exact) mass is 380 g/mol. The predicted octanol–water partition coefficient (Wildman–Crippen LogP) is 2.35. The van der Waals surface area contributed by atoms with E-state index in [1.54, 1.807) is 18.2 Å². The van der Waals surface area contributed by atoms with Gasteiger partial charge in [-0.3, -0.25) is 0 Å². The lowest BCUT2D eigenvalue weighted by Crippen LogP contribution is -2.48. The molecular formula is C18H21FN2O4S. The number of piperazine rings is 1. The number of halogens is 1. The zero-order chi connectivity index (χ0) is 18.7. The Hall–Kier alpha value is -2.32. The molecule has 1 saturated heterocycles. The van der Waals surface area contributed by atoms with Gasteiger partial charge in [0.1, 0.15) is 22.2 Å². The number of methoxy groups -OCH3 is 2. The largest absolute Gasteiger partial charge is 0.497 e. The van der Waals surface area contributed by atoms with Gasteiger partial charge in [-0.05, 0) is 30.3 Å². The summed E-state index contributed by atoms with van der Waals surface area (Å²) in [5.41, 5.74) is 0.751. The van der Waals surface area contributed by atoms with Crippen molar-refractivity contribution >= 4 is 15.7 Å². The molecule has 0 bridgehead atoms. The number of rotatable bonds is 5. The molecule has 3 rings (SSSR count). The van der Waals surface area contributed by atoms with Crippen LogP contribution in [-0.4, -0.2) is 53.1 Å². The standard InChI is InChI=1S/C18H21FN2O4S/c1-24-16-6-7-17(25-2)18(13-16)26(22,23)21-10-8-20(9-11-21)15-5-3-4-14(19)12-15/h3-7,12-13H,8-11H2,1-2H3. The van der Waals surface area contributed by atoms with Gasteiger partial charge in [0.05, 0.1) is 14.2 Å². The van der Waals surface area contributed by atoms with Crippen LogP contribution in [0.25, 0.3) is 0 Å². The summed E-state index contributed by atoms with van der Waals surface area (Å²) in [4.78, 5) is 2.05. The molecule has 1 aliphatic rings. The van der Waals surface area contributed by atoms with E-state index in [0.717, 1.165) is 5.69 Å². The Morgan fingerprint density at radius 2 is 1.69 bits per heavy atom. The molecule has 0 aromatic heterocycles. The average molecular weight is 380 g/mol. The van der Waals surface area contributed by atoms with Crippen molar-refractivity contribution in [2.75, 3.05) is 45.3 Å². The first-order valence-corrected chi connectivity index (χ1v) is 9.62. The van der Waals surface area contributed by atoms with Crippen LogP contribution in [0.4, 0.5) is 10.1 Å². The third-order valence-corrected chi connectivity index (χ3v) is 6.32. The fourth-order valence-electron chi connectivity index (χ4n) is 2.98. The molecule has 140 valence electrons. The van der Waals surface area contributed by atoms with Crippen molar-refractivity contribution in [3.8, 4) is 11.5 Å². The van der Waals surface area contributed by atoms with Gasteiger partial charge in [-0.1, -0.05) is 6.07 Å². The van der Waals surface area contributed by atoms with Gasteiger partial charge < -0.3 is 14.4 Å². The Morgan fingerprint density at radius 3 is 2.31 bits per heavy atom. The maximum absolute atomic E-state index is 13.4. The van der Waals surface area contributed by atoms with Crippen molar-refractivity contribution in [2.45, 2.75) is 4.90 Å². The average Bonchev–Trinajstić information content (AvgIpc) is 2.67. The number of hydrogen-bond acceptors (Lipinski definition) is 5. The van der Waals surface area contributed by atoms with Crippen molar-refractivity contribution in [2.24, 2.45) is 0 Å². The summed E-state index contributed by atoms with van der Waals surface area (Å²) >= 11 is 0. The molecule has 0 aliphatic carbocycles. The smallest absolute Gasteiger partial charge is 0.247 e. The lowest BCUT2D eigenvalue weighted by Gasteiger charge is -2.35. The van der Waals surface area contributed by atoms with Crippen LogP contribution in [0.2, 0.25) is 0 Å². The minimum Gasteiger partial charge on any atom is -0.497 e. The first kappa shape index (κ1) is 18.5. The second kappa shape index (κ2) is 7.51. The molecule has 0 N–H and O–H groups in total. The van der Waals surface area contributed by atoms with E-state index in [2.05, 4.69) is 0 Å². The molecule has 2 aromatic carbocycles. The molecule has 1 aliphatic heterocycles. The highest BCUT2D eigenvalue weighted by Crippen LogP contribution is 2.31. The van der Waals surface area contributed by atoms with E-state index in [9.17, 15) is 12.8 Å². The molecule has 1 fully saturated rings. The summed E-state index contributed by atoms with van der Waals surface area (Å²) < 4.78 is 51.3. The van der Waals surface area contributed by atoms with Crippen LogP contribution >= 0.6 is 0 Å². The van der Waals surface area contributed by atoms with Gasteiger partial charge in [0.2, 0.25) is 10.0 Å². The van der Waals surface area contributed by atoms with Gasteiger partial charge in [0.15, 0.2) is 0 Å². The number of hydrogen-bond donors (Lipinski definition) is 0. The molecular weight excluding hydrogens is 359 g/mol. The van der Waals surface area contributed by atoms with Crippen LogP contribution < -0.4 is 14.4 Å². The highest BCUT2D eigenvalue weighted by molar-refractivity contribution is 7.89. The van der Waals surface area contributed by atoms with E-state index < -0.39 is 10.0 Å². The highest BCUT2D eigenvalue weighted by atomic mass is 32.2. The third kappa shape index (κ3) is 3.61. The molecule has 0 amide bonds. The van der Waals surface area contributed by atoms with Crippen molar-refractivity contribution < 1.29 is 22.3 Å². The van der Waals surface area contributed by atoms with Crippen molar-refractivity contribution in [3.63, 3.8) is 0 Å².